The topological polar surface area (TPSA) is 163 Å². The SMILES string of the molecule is COC1/C=C/C=C/C=C/CC(OC(=O)C(C)NC(=O)C2=CCCCC2)C(C)C(O)/C(C)=C\CCc2cc3c(c(c2)NC(O)CCCCCCC(=O)C1)SCC(=O)N3. The first-order chi connectivity index (χ1) is 27.4. The molecule has 0 radical (unpaired) electrons. The number of ether oxygens (including phenoxy) is 2. The Hall–Kier alpha value is -3.97. The number of allylic oxidation sites excluding steroid dienone is 6. The highest BCUT2D eigenvalue weighted by Gasteiger charge is 2.30. The van der Waals surface area contributed by atoms with Crippen LogP contribution < -0.4 is 16.0 Å². The van der Waals surface area contributed by atoms with Gasteiger partial charge in [0.25, 0.3) is 0 Å². The van der Waals surface area contributed by atoms with E-state index in [-0.39, 0.29) is 23.7 Å². The standard InChI is InChI=1S/C45H63N3O8S/c1-30-18-17-19-33-26-37(43-38(27-33)48-41(51)29-57-43)47-40(50)25-16-9-8-13-22-35(49)28-36(55-4)23-14-6-5-7-15-24-39(31(2)42(30)52)56-45(54)32(3)46-44(53)34-20-11-10-12-21-34/h5-7,14-15,18,20,23,26-27,31-32,36,39-40,42,47,50,52H,8-13,16-17,19,21-22,24-25,28-29H2,1-4H3,(H,46,53)(H,48,51)/b6-5+,15-7+,23-14+,30-18-. The molecular weight excluding hydrogens is 743 g/mol. The minimum Gasteiger partial charge on any atom is -0.460 e. The van der Waals surface area contributed by atoms with Crippen molar-refractivity contribution in [3.05, 3.63) is 77.5 Å². The molecule has 6 unspecified atom stereocenters. The second-order valence-electron chi connectivity index (χ2n) is 15.4. The number of benzene rings is 1. The Bertz CT molecular complexity index is 1680. The summed E-state index contributed by atoms with van der Waals surface area (Å²) in [6.45, 7) is 5.32. The summed E-state index contributed by atoms with van der Waals surface area (Å²) in [5, 5.41) is 31.5. The van der Waals surface area contributed by atoms with E-state index >= 15 is 0 Å². The molecule has 2 aliphatic heterocycles. The number of aliphatic hydroxyl groups excluding tert-OH is 2. The number of carbonyl (C=O) groups is 4. The first-order valence-electron chi connectivity index (χ1n) is 20.6. The van der Waals surface area contributed by atoms with Crippen LogP contribution in [0.1, 0.15) is 110 Å². The Labute approximate surface area is 342 Å². The van der Waals surface area contributed by atoms with E-state index in [0.717, 1.165) is 66.7 Å². The highest BCUT2D eigenvalue weighted by molar-refractivity contribution is 8.00. The van der Waals surface area contributed by atoms with E-state index in [0.29, 0.717) is 62.0 Å². The van der Waals surface area contributed by atoms with Gasteiger partial charge in [-0.15, -0.1) is 11.8 Å². The third-order valence-corrected chi connectivity index (χ3v) is 11.8. The van der Waals surface area contributed by atoms with Gasteiger partial charge in [0.2, 0.25) is 11.8 Å². The Morgan fingerprint density at radius 2 is 1.68 bits per heavy atom. The van der Waals surface area contributed by atoms with E-state index in [4.69, 9.17) is 9.47 Å². The number of hydrogen-bond donors (Lipinski definition) is 5. The molecule has 1 aromatic carbocycles. The van der Waals surface area contributed by atoms with Crippen LogP contribution in [0.5, 0.6) is 0 Å². The number of aliphatic hydroxyl groups is 2. The van der Waals surface area contributed by atoms with Crippen LogP contribution in [0.25, 0.3) is 0 Å². The average Bonchev–Trinajstić information content (AvgIpc) is 3.19. The van der Waals surface area contributed by atoms with Crippen molar-refractivity contribution in [3.63, 3.8) is 0 Å². The molecule has 11 nitrogen and oxygen atoms in total. The molecule has 0 saturated carbocycles. The molecule has 2 bridgehead atoms. The van der Waals surface area contributed by atoms with Crippen molar-refractivity contribution in [1.82, 2.24) is 5.32 Å². The van der Waals surface area contributed by atoms with Crippen molar-refractivity contribution >= 4 is 46.7 Å². The summed E-state index contributed by atoms with van der Waals surface area (Å²) in [6.07, 6.45) is 22.0. The molecule has 2 amide bonds. The summed E-state index contributed by atoms with van der Waals surface area (Å²) in [4.78, 5) is 52.0. The molecule has 5 N–H and O–H groups in total. The van der Waals surface area contributed by atoms with E-state index in [1.54, 1.807) is 14.0 Å². The molecule has 1 aromatic rings. The summed E-state index contributed by atoms with van der Waals surface area (Å²) in [6, 6.07) is 3.10. The lowest BCUT2D eigenvalue weighted by Crippen LogP contribution is -2.43. The van der Waals surface area contributed by atoms with E-state index in [2.05, 4.69) is 16.0 Å². The van der Waals surface area contributed by atoms with Crippen molar-refractivity contribution in [2.45, 2.75) is 146 Å². The van der Waals surface area contributed by atoms with Crippen molar-refractivity contribution in [2.24, 2.45) is 5.92 Å². The quantitative estimate of drug-likeness (QED) is 0.148. The third kappa shape index (κ3) is 15.4. The first kappa shape index (κ1) is 45.7. The van der Waals surface area contributed by atoms with Gasteiger partial charge in [-0.3, -0.25) is 14.4 Å². The second-order valence-corrected chi connectivity index (χ2v) is 16.3. The normalized spacial score (nSPS) is 28.2. The first-order valence-corrected chi connectivity index (χ1v) is 21.6. The average molecular weight is 806 g/mol. The fourth-order valence-electron chi connectivity index (χ4n) is 7.16. The summed E-state index contributed by atoms with van der Waals surface area (Å²) < 4.78 is 11.5. The highest BCUT2D eigenvalue weighted by atomic mass is 32.2. The predicted octanol–water partition coefficient (Wildman–Crippen LogP) is 7.64. The predicted molar refractivity (Wildman–Crippen MR) is 227 cm³/mol. The Morgan fingerprint density at radius 3 is 2.46 bits per heavy atom. The summed E-state index contributed by atoms with van der Waals surface area (Å²) in [5.74, 6) is -0.952. The second kappa shape index (κ2) is 24.1. The molecule has 0 aromatic heterocycles. The molecule has 0 spiro atoms. The molecule has 0 saturated heterocycles. The van der Waals surface area contributed by atoms with Gasteiger partial charge in [0.05, 0.1) is 34.2 Å². The number of anilines is 2. The van der Waals surface area contributed by atoms with Crippen LogP contribution in [-0.4, -0.2) is 77.2 Å². The van der Waals surface area contributed by atoms with Gasteiger partial charge in [-0.25, -0.2) is 4.79 Å². The zero-order chi connectivity index (χ0) is 41.2. The van der Waals surface area contributed by atoms with Gasteiger partial charge in [0.15, 0.2) is 0 Å². The molecule has 4 rings (SSSR count). The Morgan fingerprint density at radius 1 is 0.930 bits per heavy atom. The number of aryl methyl sites for hydroxylation is 1. The zero-order valence-corrected chi connectivity index (χ0v) is 34.9. The lowest BCUT2D eigenvalue weighted by atomic mass is 9.90. The van der Waals surface area contributed by atoms with Gasteiger partial charge >= 0.3 is 5.97 Å². The number of fused-ring (bicyclic) bond motifs is 4. The van der Waals surface area contributed by atoms with Crippen molar-refractivity contribution in [1.29, 1.82) is 0 Å². The molecule has 1 aliphatic carbocycles. The smallest absolute Gasteiger partial charge is 0.328 e. The highest BCUT2D eigenvalue weighted by Crippen LogP contribution is 2.39. The number of amides is 2. The summed E-state index contributed by atoms with van der Waals surface area (Å²) in [5.41, 5.74) is 3.87. The number of ketones is 1. The number of hydrogen-bond acceptors (Lipinski definition) is 10. The number of nitrogens with one attached hydrogen (secondary N) is 3. The van der Waals surface area contributed by atoms with Crippen LogP contribution in [0, 0.1) is 5.92 Å². The maximum absolute atomic E-state index is 13.4. The maximum atomic E-state index is 13.4. The number of carbonyl (C=O) groups excluding carboxylic acids is 4. The number of methoxy groups -OCH3 is 1. The lowest BCUT2D eigenvalue weighted by molar-refractivity contribution is -0.156. The van der Waals surface area contributed by atoms with Crippen LogP contribution >= 0.6 is 11.8 Å². The molecule has 6 atom stereocenters. The number of esters is 1. The summed E-state index contributed by atoms with van der Waals surface area (Å²) in [7, 11) is 1.59. The monoisotopic (exact) mass is 805 g/mol. The van der Waals surface area contributed by atoms with E-state index in [1.165, 1.54) is 11.8 Å². The number of rotatable bonds is 5. The van der Waals surface area contributed by atoms with Crippen LogP contribution in [0.3, 0.4) is 0 Å². The largest absolute Gasteiger partial charge is 0.460 e. The fourth-order valence-corrected chi connectivity index (χ4v) is 8.05. The van der Waals surface area contributed by atoms with Crippen LogP contribution in [0.4, 0.5) is 11.4 Å². The van der Waals surface area contributed by atoms with Gasteiger partial charge in [-0.1, -0.05) is 68.4 Å². The molecule has 12 heteroatoms. The van der Waals surface area contributed by atoms with Crippen molar-refractivity contribution < 1.29 is 38.9 Å². The molecule has 3 aliphatic rings. The molecule has 0 fully saturated rings. The summed E-state index contributed by atoms with van der Waals surface area (Å²) >= 11 is 1.44. The van der Waals surface area contributed by atoms with Gasteiger partial charge in [-0.05, 0) is 94.9 Å². The maximum Gasteiger partial charge on any atom is 0.328 e. The molecule has 2 heterocycles. The fraction of sp³-hybridized carbons (Fsp3) is 0.556. The van der Waals surface area contributed by atoms with Gasteiger partial charge < -0.3 is 35.6 Å². The van der Waals surface area contributed by atoms with Gasteiger partial charge in [0, 0.05) is 37.9 Å². The van der Waals surface area contributed by atoms with Crippen molar-refractivity contribution in [2.75, 3.05) is 23.5 Å². The minimum absolute atomic E-state index is 0.0756. The van der Waals surface area contributed by atoms with Gasteiger partial charge in [0.1, 0.15) is 24.2 Å². The number of Topliss-reactive ketones (excluding diaryl/α,β-unsaturated/α-hetero) is 1. The lowest BCUT2D eigenvalue weighted by Gasteiger charge is -2.29. The van der Waals surface area contributed by atoms with Crippen molar-refractivity contribution in [3.8, 4) is 0 Å². The third-order valence-electron chi connectivity index (χ3n) is 10.7. The Balaban J connectivity index is 1.53. The van der Waals surface area contributed by atoms with Crippen LogP contribution in [0.15, 0.2) is 76.8 Å². The van der Waals surface area contributed by atoms with Crippen LogP contribution in [0.2, 0.25) is 0 Å². The molecule has 312 valence electrons. The van der Waals surface area contributed by atoms with Crippen LogP contribution in [-0.2, 0) is 35.1 Å². The van der Waals surface area contributed by atoms with E-state index in [9.17, 15) is 29.4 Å². The van der Waals surface area contributed by atoms with E-state index in [1.807, 2.05) is 74.6 Å². The number of thioether (sulfide) groups is 1. The molecular formula is C45H63N3O8S. The van der Waals surface area contributed by atoms with Gasteiger partial charge in [-0.2, -0.15) is 0 Å². The molecule has 57 heavy (non-hydrogen) atoms. The minimum atomic E-state index is -0.918. The Kier molecular flexibility index (Phi) is 19.3. The zero-order valence-electron chi connectivity index (χ0n) is 34.1. The van der Waals surface area contributed by atoms with E-state index < -0.39 is 36.4 Å².